The molecule has 0 atom stereocenters. The normalized spacial score (nSPS) is 10.8. The summed E-state index contributed by atoms with van der Waals surface area (Å²) in [6.45, 7) is 2.02. The fourth-order valence-electron chi connectivity index (χ4n) is 4.89. The largest absolute Gasteiger partial charge is 0.372 e. The summed E-state index contributed by atoms with van der Waals surface area (Å²) in [6.07, 6.45) is 8.15. The van der Waals surface area contributed by atoms with Crippen LogP contribution < -0.4 is 16.4 Å². The zero-order chi connectivity index (χ0) is 29.3. The smallest absolute Gasteiger partial charge is 0.248 e. The maximum Gasteiger partial charge on any atom is 0.248 e. The van der Waals surface area contributed by atoms with Crippen molar-refractivity contribution in [3.8, 4) is 11.3 Å². The molecule has 0 aliphatic rings. The molecule has 0 spiro atoms. The fraction of sp³-hybridized carbons (Fsp3) is 0.219. The van der Waals surface area contributed by atoms with E-state index in [1.807, 2.05) is 42.5 Å². The molecule has 0 fully saturated rings. The van der Waals surface area contributed by atoms with E-state index >= 15 is 0 Å². The number of fused-ring (bicyclic) bond motifs is 3. The van der Waals surface area contributed by atoms with Gasteiger partial charge in [0, 0.05) is 85.1 Å². The van der Waals surface area contributed by atoms with Gasteiger partial charge in [0.25, 0.3) is 0 Å². The third kappa shape index (κ3) is 8.33. The molecular formula is C32H31ClN7O2Y-. The Morgan fingerprint density at radius 3 is 2.60 bits per heavy atom. The number of unbranched alkanes of at least 4 members (excludes halogenated alkanes) is 1. The first kappa shape index (κ1) is 32.4. The molecule has 0 unspecified atom stereocenters. The minimum Gasteiger partial charge on any atom is -0.372 e. The van der Waals surface area contributed by atoms with Gasteiger partial charge in [-0.3, -0.25) is 14.8 Å². The Morgan fingerprint density at radius 1 is 0.953 bits per heavy atom. The average Bonchev–Trinajstić information content (AvgIpc) is 3.02. The van der Waals surface area contributed by atoms with E-state index < -0.39 is 5.91 Å². The van der Waals surface area contributed by atoms with Crippen LogP contribution in [0, 0.1) is 10.9 Å². The van der Waals surface area contributed by atoms with Crippen LogP contribution in [0.5, 0.6) is 0 Å². The van der Waals surface area contributed by atoms with Crippen molar-refractivity contribution >= 4 is 45.0 Å². The number of nitrogens with zero attached hydrogens (tertiary/aromatic N) is 4. The Morgan fingerprint density at radius 2 is 1.84 bits per heavy atom. The summed E-state index contributed by atoms with van der Waals surface area (Å²) >= 11 is 6.49. The monoisotopic (exact) mass is 669 g/mol. The maximum atomic E-state index is 11.7. The molecule has 5 rings (SSSR count). The van der Waals surface area contributed by atoms with Crippen molar-refractivity contribution in [2.24, 2.45) is 10.9 Å². The van der Waals surface area contributed by atoms with Gasteiger partial charge in [-0.1, -0.05) is 42.3 Å². The summed E-state index contributed by atoms with van der Waals surface area (Å²) in [6, 6.07) is 19.5. The number of hydrogen-bond donors (Lipinski definition) is 3. The number of nitrogens with two attached hydrogens (primary N) is 1. The topological polar surface area (TPSA) is 135 Å². The number of carbonyl (C=O) groups is 1. The Kier molecular flexibility index (Phi) is 11.9. The number of amides is 1. The second-order valence-electron chi connectivity index (χ2n) is 9.98. The van der Waals surface area contributed by atoms with Gasteiger partial charge in [0.05, 0.1) is 16.2 Å². The molecule has 2 aromatic carbocycles. The van der Waals surface area contributed by atoms with Crippen LogP contribution in [-0.4, -0.2) is 33.9 Å². The summed E-state index contributed by atoms with van der Waals surface area (Å²) in [7, 11) is 0. The van der Waals surface area contributed by atoms with E-state index in [9.17, 15) is 9.70 Å². The maximum absolute atomic E-state index is 11.7. The molecule has 4 N–H and O–H groups in total. The first-order valence-electron chi connectivity index (χ1n) is 13.8. The molecule has 0 aliphatic heterocycles. The first-order valence-corrected chi connectivity index (χ1v) is 14.2. The van der Waals surface area contributed by atoms with E-state index in [0.717, 1.165) is 52.4 Å². The second-order valence-corrected chi connectivity index (χ2v) is 10.4. The van der Waals surface area contributed by atoms with Crippen LogP contribution in [0.2, 0.25) is 5.02 Å². The quantitative estimate of drug-likeness (QED) is 0.0521. The van der Waals surface area contributed by atoms with Crippen LogP contribution in [0.1, 0.15) is 41.6 Å². The van der Waals surface area contributed by atoms with E-state index in [1.165, 1.54) is 0 Å². The van der Waals surface area contributed by atoms with Gasteiger partial charge in [0.2, 0.25) is 5.91 Å². The Labute approximate surface area is 280 Å². The van der Waals surface area contributed by atoms with Crippen molar-refractivity contribution in [2.75, 3.05) is 18.4 Å². The molecule has 217 valence electrons. The van der Waals surface area contributed by atoms with E-state index in [4.69, 9.17) is 22.3 Å². The molecule has 9 nitrogen and oxygen atoms in total. The average molecular weight is 670 g/mol. The summed E-state index contributed by atoms with van der Waals surface area (Å²) in [4.78, 5) is 36.5. The number of primary amides is 1. The standard InChI is InChI=1S/C32H31ClN7O2.Y/c33-28-17-21(7-9-26(28)29-6-2-4-14-37-29)19-35-13-3-1-5-23(40-42)11-16-38-32-25-12-15-36-20-27(25)24-10-8-22(31(34)41)18-30(24)39-32;/h2,4,6-10,12,14-15,17-18,20,35H,1,3,5,11,13,16,19H2,(H2,34,41)(H,38,39);/q-1;. The molecule has 5 aromatic rings. The van der Waals surface area contributed by atoms with Crippen LogP contribution >= 0.6 is 11.6 Å². The fourth-order valence-corrected chi connectivity index (χ4v) is 5.19. The second kappa shape index (κ2) is 15.8. The number of nitrogens with one attached hydrogen (secondary N) is 2. The minimum absolute atomic E-state index is 0. The van der Waals surface area contributed by atoms with E-state index in [-0.39, 0.29) is 32.7 Å². The van der Waals surface area contributed by atoms with Crippen LogP contribution in [0.25, 0.3) is 32.9 Å². The van der Waals surface area contributed by atoms with Gasteiger partial charge in [-0.2, -0.15) is 4.91 Å². The van der Waals surface area contributed by atoms with Crippen molar-refractivity contribution in [2.45, 2.75) is 32.2 Å². The SMILES string of the molecule is NC(=O)c1ccc2c(c1)nc(NCC[C-](CCCCNCc1ccc(-c3ccccn3)c(Cl)c1)N=O)c1ccncc12.[Y]. The molecule has 0 bridgehead atoms. The van der Waals surface area contributed by atoms with Crippen molar-refractivity contribution in [3.05, 3.63) is 106 Å². The van der Waals surface area contributed by atoms with E-state index in [1.54, 1.807) is 30.7 Å². The molecular weight excluding hydrogens is 639 g/mol. The third-order valence-electron chi connectivity index (χ3n) is 7.09. The molecule has 0 aliphatic carbocycles. The zero-order valence-corrected chi connectivity index (χ0v) is 27.2. The Hall–Kier alpha value is -3.50. The number of carbonyl (C=O) groups excluding carboxylic acids is 1. The van der Waals surface area contributed by atoms with Crippen molar-refractivity contribution < 1.29 is 37.5 Å². The minimum atomic E-state index is -0.509. The number of pyridine rings is 3. The molecule has 0 saturated carbocycles. The van der Waals surface area contributed by atoms with Crippen molar-refractivity contribution in [1.82, 2.24) is 20.3 Å². The van der Waals surface area contributed by atoms with E-state index in [0.29, 0.717) is 53.9 Å². The summed E-state index contributed by atoms with van der Waals surface area (Å²) in [5, 5.41) is 13.4. The first-order chi connectivity index (χ1) is 20.5. The number of aromatic nitrogens is 3. The van der Waals surface area contributed by atoms with Crippen LogP contribution in [0.3, 0.4) is 0 Å². The Balaban J connectivity index is 0.00000423. The van der Waals surface area contributed by atoms with Gasteiger partial charge < -0.3 is 16.4 Å². The molecule has 0 saturated heterocycles. The van der Waals surface area contributed by atoms with Gasteiger partial charge in [-0.15, -0.1) is 12.8 Å². The zero-order valence-electron chi connectivity index (χ0n) is 23.6. The molecule has 1 amide bonds. The number of halogens is 1. The van der Waals surface area contributed by atoms with Crippen molar-refractivity contribution in [1.29, 1.82) is 0 Å². The summed E-state index contributed by atoms with van der Waals surface area (Å²) < 4.78 is 0. The van der Waals surface area contributed by atoms with Gasteiger partial charge >= 0.3 is 0 Å². The number of rotatable bonds is 14. The van der Waals surface area contributed by atoms with Crippen LogP contribution in [0.15, 0.2) is 84.4 Å². The number of nitroso groups, excluding NO2 is 1. The Bertz CT molecular complexity index is 1700. The number of hydrogen-bond acceptors (Lipinski definition) is 8. The van der Waals surface area contributed by atoms with E-state index in [2.05, 4.69) is 31.8 Å². The number of benzene rings is 2. The van der Waals surface area contributed by atoms with Crippen molar-refractivity contribution in [3.63, 3.8) is 0 Å². The third-order valence-corrected chi connectivity index (χ3v) is 7.40. The van der Waals surface area contributed by atoms with Gasteiger partial charge in [0.1, 0.15) is 5.82 Å². The van der Waals surface area contributed by atoms with Gasteiger partial charge in [-0.25, -0.2) is 16.2 Å². The molecule has 1 radical (unpaired) electrons. The van der Waals surface area contributed by atoms with Crippen LogP contribution in [0.4, 0.5) is 5.82 Å². The summed E-state index contributed by atoms with van der Waals surface area (Å²) in [5.74, 6) is 0.148. The predicted molar refractivity (Wildman–Crippen MR) is 168 cm³/mol. The summed E-state index contributed by atoms with van der Waals surface area (Å²) in [5.41, 5.74) is 9.36. The molecule has 11 heteroatoms. The molecule has 3 heterocycles. The molecule has 43 heavy (non-hydrogen) atoms. The molecule has 3 aromatic heterocycles. The van der Waals surface area contributed by atoms with Gasteiger partial charge in [-0.05, 0) is 61.5 Å². The van der Waals surface area contributed by atoms with Gasteiger partial charge in [0.15, 0.2) is 0 Å². The predicted octanol–water partition coefficient (Wildman–Crippen LogP) is 6.66. The van der Waals surface area contributed by atoms with Crippen LogP contribution in [-0.2, 0) is 39.3 Å². The number of anilines is 1.